The van der Waals surface area contributed by atoms with E-state index in [9.17, 15) is 4.79 Å². The second-order valence-electron chi connectivity index (χ2n) is 4.60. The number of anilines is 1. The topological polar surface area (TPSA) is 75.4 Å². The van der Waals surface area contributed by atoms with Crippen LogP contribution in [0.5, 0.6) is 0 Å². The Bertz CT molecular complexity index is 574. The van der Waals surface area contributed by atoms with Gasteiger partial charge < -0.3 is 10.2 Å². The predicted octanol–water partition coefficient (Wildman–Crippen LogP) is 0.549. The fourth-order valence-electron chi connectivity index (χ4n) is 2.30. The molecule has 1 amide bonds. The summed E-state index contributed by atoms with van der Waals surface area (Å²) in [7, 11) is 0. The molecule has 3 rings (SSSR count). The molecule has 100 valence electrons. The number of nitrogens with one attached hydrogen (secondary N) is 1. The van der Waals surface area contributed by atoms with Gasteiger partial charge in [-0.1, -0.05) is 0 Å². The predicted molar refractivity (Wildman–Crippen MR) is 69.7 cm³/mol. The summed E-state index contributed by atoms with van der Waals surface area (Å²) in [5.74, 6) is 0.868. The van der Waals surface area contributed by atoms with Gasteiger partial charge in [-0.2, -0.15) is 0 Å². The first kappa shape index (κ1) is 11.9. The maximum atomic E-state index is 11.9. The average Bonchev–Trinajstić information content (AvgIpc) is 3.10. The zero-order valence-corrected chi connectivity index (χ0v) is 10.6. The van der Waals surface area contributed by atoms with Gasteiger partial charge >= 0.3 is 0 Å². The quantitative estimate of drug-likeness (QED) is 0.868. The molecular weight excluding hydrogens is 244 g/mol. The van der Waals surface area contributed by atoms with E-state index in [0.29, 0.717) is 24.4 Å². The first-order valence-corrected chi connectivity index (χ1v) is 6.50. The van der Waals surface area contributed by atoms with Crippen molar-refractivity contribution in [3.8, 4) is 0 Å². The van der Waals surface area contributed by atoms with Crippen LogP contribution < -0.4 is 5.32 Å². The Morgan fingerprint density at radius 2 is 2.21 bits per heavy atom. The molecule has 3 heterocycles. The number of rotatable bonds is 4. The lowest BCUT2D eigenvalue weighted by Crippen LogP contribution is -2.29. The van der Waals surface area contributed by atoms with E-state index < -0.39 is 0 Å². The van der Waals surface area contributed by atoms with Crippen LogP contribution in [0.2, 0.25) is 0 Å². The third kappa shape index (κ3) is 2.49. The van der Waals surface area contributed by atoms with Crippen molar-refractivity contribution in [1.82, 2.24) is 24.5 Å². The van der Waals surface area contributed by atoms with Crippen LogP contribution in [0.4, 0.5) is 5.82 Å². The van der Waals surface area contributed by atoms with Crippen molar-refractivity contribution in [2.24, 2.45) is 0 Å². The first-order chi connectivity index (χ1) is 9.34. The maximum Gasteiger partial charge on any atom is 0.224 e. The molecule has 0 spiro atoms. The van der Waals surface area contributed by atoms with Crippen LogP contribution in [0.3, 0.4) is 0 Å². The molecule has 19 heavy (non-hydrogen) atoms. The molecule has 1 N–H and O–H groups in total. The highest BCUT2D eigenvalue weighted by Gasteiger charge is 2.17. The Kier molecular flexibility index (Phi) is 3.26. The zero-order valence-electron chi connectivity index (χ0n) is 10.6. The van der Waals surface area contributed by atoms with E-state index in [0.717, 1.165) is 25.9 Å². The number of amides is 1. The maximum absolute atomic E-state index is 11.9. The molecule has 0 bridgehead atoms. The lowest BCUT2D eigenvalue weighted by atomic mass is 10.3. The van der Waals surface area contributed by atoms with E-state index in [1.54, 1.807) is 23.1 Å². The van der Waals surface area contributed by atoms with E-state index in [1.807, 2.05) is 4.90 Å². The normalized spacial score (nSPS) is 15.1. The minimum Gasteiger partial charge on any atom is -0.366 e. The van der Waals surface area contributed by atoms with Crippen molar-refractivity contribution >= 4 is 17.4 Å². The summed E-state index contributed by atoms with van der Waals surface area (Å²) in [6.45, 7) is 2.36. The number of hydrogen-bond acceptors (Lipinski definition) is 5. The van der Waals surface area contributed by atoms with Gasteiger partial charge in [0.05, 0.1) is 0 Å². The SMILES string of the molecule is O=C(CCNc1nccn2cnnc12)N1CCCC1. The van der Waals surface area contributed by atoms with Crippen molar-refractivity contribution in [3.05, 3.63) is 18.7 Å². The molecule has 0 aliphatic carbocycles. The van der Waals surface area contributed by atoms with Crippen molar-refractivity contribution in [2.75, 3.05) is 25.0 Å². The highest BCUT2D eigenvalue weighted by molar-refractivity contribution is 5.77. The summed E-state index contributed by atoms with van der Waals surface area (Å²) in [5, 5.41) is 11.0. The summed E-state index contributed by atoms with van der Waals surface area (Å²) in [6.07, 6.45) is 7.82. The summed E-state index contributed by atoms with van der Waals surface area (Å²) in [4.78, 5) is 18.0. The van der Waals surface area contributed by atoms with E-state index in [1.165, 1.54) is 0 Å². The lowest BCUT2D eigenvalue weighted by Gasteiger charge is -2.15. The summed E-state index contributed by atoms with van der Waals surface area (Å²) >= 11 is 0. The Morgan fingerprint density at radius 3 is 3.05 bits per heavy atom. The molecule has 0 atom stereocenters. The number of carbonyl (C=O) groups excluding carboxylic acids is 1. The van der Waals surface area contributed by atoms with E-state index in [-0.39, 0.29) is 5.91 Å². The highest BCUT2D eigenvalue weighted by Crippen LogP contribution is 2.11. The lowest BCUT2D eigenvalue weighted by molar-refractivity contribution is -0.129. The Labute approximate surface area is 110 Å². The molecule has 0 unspecified atom stereocenters. The number of nitrogens with zero attached hydrogens (tertiary/aromatic N) is 5. The molecule has 7 heteroatoms. The van der Waals surface area contributed by atoms with Crippen LogP contribution in [-0.2, 0) is 4.79 Å². The largest absolute Gasteiger partial charge is 0.366 e. The number of likely N-dealkylation sites (tertiary alicyclic amines) is 1. The van der Waals surface area contributed by atoms with Gasteiger partial charge in [0, 0.05) is 38.4 Å². The molecule has 2 aromatic heterocycles. The fourth-order valence-corrected chi connectivity index (χ4v) is 2.30. The van der Waals surface area contributed by atoms with Gasteiger partial charge in [0.25, 0.3) is 0 Å². The molecule has 1 aliphatic rings. The van der Waals surface area contributed by atoms with E-state index in [4.69, 9.17) is 0 Å². The van der Waals surface area contributed by atoms with Crippen LogP contribution in [0, 0.1) is 0 Å². The van der Waals surface area contributed by atoms with Crippen molar-refractivity contribution in [2.45, 2.75) is 19.3 Å². The minimum absolute atomic E-state index is 0.207. The third-order valence-electron chi connectivity index (χ3n) is 3.31. The number of carbonyl (C=O) groups is 1. The van der Waals surface area contributed by atoms with Crippen molar-refractivity contribution in [3.63, 3.8) is 0 Å². The second kappa shape index (κ2) is 5.21. The standard InChI is InChI=1S/C12H16N6O/c19-10(17-6-1-2-7-17)3-4-13-11-12-16-15-9-18(12)8-5-14-11/h5,8-9H,1-4,6-7H2,(H,13,14). The second-order valence-corrected chi connectivity index (χ2v) is 4.60. The van der Waals surface area contributed by atoms with Crippen LogP contribution >= 0.6 is 0 Å². The average molecular weight is 260 g/mol. The number of hydrogen-bond donors (Lipinski definition) is 1. The van der Waals surface area contributed by atoms with E-state index in [2.05, 4.69) is 20.5 Å². The van der Waals surface area contributed by atoms with Crippen LogP contribution in [0.25, 0.3) is 5.65 Å². The van der Waals surface area contributed by atoms with Gasteiger partial charge in [-0.3, -0.25) is 9.20 Å². The fraction of sp³-hybridized carbons (Fsp3) is 0.500. The zero-order chi connectivity index (χ0) is 13.1. The summed E-state index contributed by atoms with van der Waals surface area (Å²) in [5.41, 5.74) is 0.677. The van der Waals surface area contributed by atoms with Crippen LogP contribution in [-0.4, -0.2) is 50.0 Å². The van der Waals surface area contributed by atoms with Crippen molar-refractivity contribution in [1.29, 1.82) is 0 Å². The molecule has 0 aromatic carbocycles. The molecule has 7 nitrogen and oxygen atoms in total. The van der Waals surface area contributed by atoms with Gasteiger partial charge in [-0.05, 0) is 12.8 Å². The van der Waals surface area contributed by atoms with Gasteiger partial charge in [0.2, 0.25) is 11.6 Å². The molecule has 2 aromatic rings. The first-order valence-electron chi connectivity index (χ1n) is 6.50. The van der Waals surface area contributed by atoms with Gasteiger partial charge in [0.1, 0.15) is 6.33 Å². The monoisotopic (exact) mass is 260 g/mol. The molecule has 0 saturated carbocycles. The Hall–Kier alpha value is -2.18. The summed E-state index contributed by atoms with van der Waals surface area (Å²) in [6, 6.07) is 0. The Morgan fingerprint density at radius 1 is 1.37 bits per heavy atom. The molecule has 1 saturated heterocycles. The van der Waals surface area contributed by atoms with Crippen LogP contribution in [0.1, 0.15) is 19.3 Å². The number of aromatic nitrogens is 4. The summed E-state index contributed by atoms with van der Waals surface area (Å²) < 4.78 is 1.79. The highest BCUT2D eigenvalue weighted by atomic mass is 16.2. The van der Waals surface area contributed by atoms with Crippen molar-refractivity contribution < 1.29 is 4.79 Å². The van der Waals surface area contributed by atoms with Gasteiger partial charge in [-0.25, -0.2) is 4.98 Å². The van der Waals surface area contributed by atoms with E-state index >= 15 is 0 Å². The third-order valence-corrected chi connectivity index (χ3v) is 3.31. The smallest absolute Gasteiger partial charge is 0.224 e. The van der Waals surface area contributed by atoms with Crippen LogP contribution in [0.15, 0.2) is 18.7 Å². The van der Waals surface area contributed by atoms with Gasteiger partial charge in [0.15, 0.2) is 5.82 Å². The molecular formula is C12H16N6O. The number of fused-ring (bicyclic) bond motifs is 1. The molecule has 1 aliphatic heterocycles. The Balaban J connectivity index is 1.57. The molecule has 1 fully saturated rings. The minimum atomic E-state index is 0.207. The van der Waals surface area contributed by atoms with Gasteiger partial charge in [-0.15, -0.1) is 10.2 Å². The molecule has 0 radical (unpaired) electrons.